The molecule has 0 heterocycles. The van der Waals surface area contributed by atoms with E-state index < -0.39 is 10.8 Å². The van der Waals surface area contributed by atoms with Gasteiger partial charge in [0.05, 0.1) is 16.0 Å². The zero-order chi connectivity index (χ0) is 22.4. The van der Waals surface area contributed by atoms with Crippen LogP contribution in [0.1, 0.15) is 28.4 Å². The van der Waals surface area contributed by atoms with Crippen molar-refractivity contribution < 1.29 is 19.2 Å². The summed E-state index contributed by atoms with van der Waals surface area (Å²) in [6.45, 7) is 4.60. The second-order valence-electron chi connectivity index (χ2n) is 6.75. The molecule has 160 valence electrons. The molecule has 1 amide bonds. The maximum absolute atomic E-state index is 12.7. The highest BCUT2D eigenvalue weighted by molar-refractivity contribution is 9.10. The molecular formula is C23H21BrN2O5. The number of nitro benzene ring substituents is 1. The van der Waals surface area contributed by atoms with E-state index in [0.717, 1.165) is 5.56 Å². The lowest BCUT2D eigenvalue weighted by molar-refractivity contribution is -0.384. The van der Waals surface area contributed by atoms with E-state index in [1.165, 1.54) is 23.8 Å². The van der Waals surface area contributed by atoms with Crippen molar-refractivity contribution >= 4 is 33.2 Å². The first kappa shape index (κ1) is 22.3. The summed E-state index contributed by atoms with van der Waals surface area (Å²) in [5.41, 5.74) is 2.72. The van der Waals surface area contributed by atoms with E-state index >= 15 is 0 Å². The van der Waals surface area contributed by atoms with Gasteiger partial charge in [-0.1, -0.05) is 35.9 Å². The van der Waals surface area contributed by atoms with E-state index in [-0.39, 0.29) is 5.69 Å². The third-order valence-electron chi connectivity index (χ3n) is 4.39. The number of rotatable bonds is 8. The Labute approximate surface area is 188 Å². The van der Waals surface area contributed by atoms with Crippen LogP contribution in [0, 0.1) is 17.0 Å². The molecule has 0 aliphatic carbocycles. The molecule has 0 atom stereocenters. The second-order valence-corrected chi connectivity index (χ2v) is 7.61. The fourth-order valence-electron chi connectivity index (χ4n) is 2.84. The van der Waals surface area contributed by atoms with Gasteiger partial charge in [0.1, 0.15) is 6.61 Å². The van der Waals surface area contributed by atoms with E-state index in [4.69, 9.17) is 9.47 Å². The maximum Gasteiger partial charge on any atom is 0.271 e. The summed E-state index contributed by atoms with van der Waals surface area (Å²) in [7, 11) is 0. The van der Waals surface area contributed by atoms with Gasteiger partial charge in [0.2, 0.25) is 0 Å². The molecule has 0 aliphatic heterocycles. The first-order valence-electron chi connectivity index (χ1n) is 9.58. The summed E-state index contributed by atoms with van der Waals surface area (Å²) >= 11 is 3.46. The highest BCUT2D eigenvalue weighted by Gasteiger charge is 2.17. The van der Waals surface area contributed by atoms with E-state index in [9.17, 15) is 14.9 Å². The Morgan fingerprint density at radius 3 is 2.52 bits per heavy atom. The van der Waals surface area contributed by atoms with Gasteiger partial charge in [-0.3, -0.25) is 14.9 Å². The highest BCUT2D eigenvalue weighted by atomic mass is 79.9. The van der Waals surface area contributed by atoms with Gasteiger partial charge in [-0.15, -0.1) is 0 Å². The number of halogens is 1. The molecule has 0 aliphatic rings. The van der Waals surface area contributed by atoms with Crippen LogP contribution in [0.5, 0.6) is 11.5 Å². The number of carbonyl (C=O) groups is 1. The van der Waals surface area contributed by atoms with Crippen LogP contribution in [0.15, 0.2) is 65.1 Å². The van der Waals surface area contributed by atoms with Crippen molar-refractivity contribution in [2.45, 2.75) is 20.5 Å². The normalized spacial score (nSPS) is 10.4. The minimum absolute atomic E-state index is 0.103. The van der Waals surface area contributed by atoms with Crippen molar-refractivity contribution in [1.82, 2.24) is 0 Å². The monoisotopic (exact) mass is 484 g/mol. The first-order chi connectivity index (χ1) is 14.9. The second kappa shape index (κ2) is 10.1. The number of amides is 1. The molecular weight excluding hydrogens is 464 g/mol. The van der Waals surface area contributed by atoms with Crippen LogP contribution >= 0.6 is 15.9 Å². The predicted octanol–water partition coefficient (Wildman–Crippen LogP) is 5.90. The number of nitrogens with one attached hydrogen (secondary N) is 1. The van der Waals surface area contributed by atoms with Gasteiger partial charge in [0.25, 0.3) is 11.6 Å². The zero-order valence-corrected chi connectivity index (χ0v) is 18.6. The van der Waals surface area contributed by atoms with Crippen molar-refractivity contribution in [2.75, 3.05) is 11.9 Å². The Kier molecular flexibility index (Phi) is 7.25. The van der Waals surface area contributed by atoms with Crippen LogP contribution in [0.3, 0.4) is 0 Å². The molecule has 0 fully saturated rings. The van der Waals surface area contributed by atoms with Gasteiger partial charge in [-0.05, 0) is 53.5 Å². The fraction of sp³-hybridized carbons (Fsp3) is 0.174. The number of anilines is 1. The van der Waals surface area contributed by atoms with Crippen molar-refractivity contribution in [2.24, 2.45) is 0 Å². The molecule has 0 radical (unpaired) electrons. The molecule has 3 aromatic carbocycles. The van der Waals surface area contributed by atoms with Crippen LogP contribution in [0.2, 0.25) is 0 Å². The van der Waals surface area contributed by atoms with Crippen molar-refractivity contribution in [1.29, 1.82) is 0 Å². The molecule has 8 heteroatoms. The molecule has 0 saturated heterocycles. The maximum atomic E-state index is 12.7. The molecule has 0 bridgehead atoms. The quantitative estimate of drug-likeness (QED) is 0.317. The van der Waals surface area contributed by atoms with E-state index in [2.05, 4.69) is 21.2 Å². The van der Waals surface area contributed by atoms with Crippen LogP contribution < -0.4 is 14.8 Å². The fourth-order valence-corrected chi connectivity index (χ4v) is 3.40. The first-order valence-corrected chi connectivity index (χ1v) is 10.4. The van der Waals surface area contributed by atoms with E-state index in [1.54, 1.807) is 18.2 Å². The number of hydrogen-bond acceptors (Lipinski definition) is 5. The van der Waals surface area contributed by atoms with Crippen molar-refractivity contribution in [3.63, 3.8) is 0 Å². The zero-order valence-electron chi connectivity index (χ0n) is 17.1. The molecule has 31 heavy (non-hydrogen) atoms. The smallest absolute Gasteiger partial charge is 0.271 e. The molecule has 0 unspecified atom stereocenters. The molecule has 0 spiro atoms. The Balaban J connectivity index is 1.81. The number of hydrogen-bond donors (Lipinski definition) is 1. The summed E-state index contributed by atoms with van der Waals surface area (Å²) in [4.78, 5) is 23.2. The summed E-state index contributed by atoms with van der Waals surface area (Å²) in [5, 5.41) is 13.6. The molecule has 1 N–H and O–H groups in total. The van der Waals surface area contributed by atoms with Crippen LogP contribution in [0.25, 0.3) is 0 Å². The number of nitro groups is 1. The highest BCUT2D eigenvalue weighted by Crippen LogP contribution is 2.37. The van der Waals surface area contributed by atoms with Crippen LogP contribution in [-0.2, 0) is 6.61 Å². The minimum Gasteiger partial charge on any atom is -0.490 e. The summed E-state index contributed by atoms with van der Waals surface area (Å²) in [5.74, 6) is 0.495. The van der Waals surface area contributed by atoms with E-state index in [1.807, 2.05) is 38.1 Å². The summed E-state index contributed by atoms with van der Waals surface area (Å²) < 4.78 is 12.2. The third-order valence-corrected chi connectivity index (χ3v) is 4.98. The molecule has 0 aromatic heterocycles. The van der Waals surface area contributed by atoms with Gasteiger partial charge in [0, 0.05) is 23.4 Å². The SMILES string of the molecule is CCOc1cc(C(=O)Nc2cccc([N+](=O)[O-])c2)cc(Br)c1OCc1ccc(C)cc1. The number of benzene rings is 3. The number of nitrogens with zero attached hydrogens (tertiary/aromatic N) is 1. The number of non-ortho nitro benzene ring substituents is 1. The Morgan fingerprint density at radius 1 is 1.10 bits per heavy atom. The largest absolute Gasteiger partial charge is 0.490 e. The van der Waals surface area contributed by atoms with Crippen molar-refractivity contribution in [3.05, 3.63) is 91.9 Å². The van der Waals surface area contributed by atoms with Gasteiger partial charge in [-0.2, -0.15) is 0 Å². The average molecular weight is 485 g/mol. The lowest BCUT2D eigenvalue weighted by Crippen LogP contribution is -2.13. The number of aryl methyl sites for hydroxylation is 1. The summed E-state index contributed by atoms with van der Waals surface area (Å²) in [6.07, 6.45) is 0. The Bertz CT molecular complexity index is 1100. The lowest BCUT2D eigenvalue weighted by atomic mass is 10.1. The third kappa shape index (κ3) is 5.82. The number of ether oxygens (including phenoxy) is 2. The Morgan fingerprint density at radius 2 is 1.84 bits per heavy atom. The standard InChI is InChI=1S/C23H21BrN2O5/c1-3-30-21-12-17(23(27)25-18-5-4-6-19(13-18)26(28)29)11-20(24)22(21)31-14-16-9-7-15(2)8-10-16/h4-13H,3,14H2,1-2H3,(H,25,27). The predicted molar refractivity (Wildman–Crippen MR) is 122 cm³/mol. The topological polar surface area (TPSA) is 90.7 Å². The molecule has 3 aromatic rings. The van der Waals surface area contributed by atoms with E-state index in [0.29, 0.717) is 40.4 Å². The van der Waals surface area contributed by atoms with Crippen LogP contribution in [0.4, 0.5) is 11.4 Å². The lowest BCUT2D eigenvalue weighted by Gasteiger charge is -2.16. The average Bonchev–Trinajstić information content (AvgIpc) is 2.74. The van der Waals surface area contributed by atoms with Gasteiger partial charge in [0.15, 0.2) is 11.5 Å². The minimum atomic E-state index is -0.514. The van der Waals surface area contributed by atoms with Crippen LogP contribution in [-0.4, -0.2) is 17.4 Å². The molecule has 0 saturated carbocycles. The molecule has 3 rings (SSSR count). The Hall–Kier alpha value is -3.39. The van der Waals surface area contributed by atoms with Gasteiger partial charge in [-0.25, -0.2) is 0 Å². The van der Waals surface area contributed by atoms with Crippen molar-refractivity contribution in [3.8, 4) is 11.5 Å². The van der Waals surface area contributed by atoms with Gasteiger partial charge >= 0.3 is 0 Å². The number of carbonyl (C=O) groups excluding carboxylic acids is 1. The summed E-state index contributed by atoms with van der Waals surface area (Å²) in [6, 6.07) is 17.0. The van der Waals surface area contributed by atoms with Gasteiger partial charge < -0.3 is 14.8 Å². The molecule has 7 nitrogen and oxygen atoms in total.